The molecule has 0 saturated carbocycles. The number of halogens is 1. The number of carbonyl (C=O) groups excluding carboxylic acids is 2. The molecule has 0 bridgehead atoms. The summed E-state index contributed by atoms with van der Waals surface area (Å²) in [6, 6.07) is 7.47. The van der Waals surface area contributed by atoms with Crippen molar-refractivity contribution in [2.75, 3.05) is 11.9 Å². The summed E-state index contributed by atoms with van der Waals surface area (Å²) < 4.78 is 27.9. The van der Waals surface area contributed by atoms with E-state index in [1.54, 1.807) is 6.92 Å². The third-order valence-electron chi connectivity index (χ3n) is 3.53. The first-order valence-electron chi connectivity index (χ1n) is 7.53. The first-order valence-corrected chi connectivity index (χ1v) is 9.87. The summed E-state index contributed by atoms with van der Waals surface area (Å²) in [5.74, 6) is -1.68. The van der Waals surface area contributed by atoms with Gasteiger partial charge in [0.15, 0.2) is 6.61 Å². The van der Waals surface area contributed by atoms with Gasteiger partial charge in [0.1, 0.15) is 0 Å². The lowest BCUT2D eigenvalue weighted by atomic mass is 10.2. The number of esters is 1. The first-order chi connectivity index (χ1) is 13.0. The number of primary sulfonamides is 1. The van der Waals surface area contributed by atoms with Crippen molar-refractivity contribution in [3.8, 4) is 0 Å². The number of nitrogens with zero attached hydrogens (tertiary/aromatic N) is 1. The Kier molecular flexibility index (Phi) is 6.48. The number of hydrogen-bond acceptors (Lipinski definition) is 7. The predicted molar refractivity (Wildman–Crippen MR) is 102 cm³/mol. The summed E-state index contributed by atoms with van der Waals surface area (Å²) in [4.78, 5) is 34.1. The van der Waals surface area contributed by atoms with Crippen LogP contribution in [0.4, 0.5) is 11.4 Å². The Morgan fingerprint density at radius 2 is 1.93 bits per heavy atom. The molecule has 0 aliphatic heterocycles. The Bertz CT molecular complexity index is 1070. The van der Waals surface area contributed by atoms with Crippen molar-refractivity contribution in [3.05, 3.63) is 62.1 Å². The van der Waals surface area contributed by atoms with Crippen molar-refractivity contribution in [2.24, 2.45) is 5.14 Å². The second-order valence-electron chi connectivity index (χ2n) is 5.57. The average Bonchev–Trinajstić information content (AvgIpc) is 2.60. The molecule has 28 heavy (non-hydrogen) atoms. The van der Waals surface area contributed by atoms with Gasteiger partial charge in [0.05, 0.1) is 21.1 Å². The largest absolute Gasteiger partial charge is 0.452 e. The lowest BCUT2D eigenvalue weighted by Gasteiger charge is -2.10. The molecule has 0 aliphatic rings. The number of rotatable bonds is 6. The first kappa shape index (κ1) is 21.5. The fourth-order valence-corrected chi connectivity index (χ4v) is 3.04. The highest BCUT2D eigenvalue weighted by molar-refractivity contribution is 9.10. The maximum Gasteiger partial charge on any atom is 0.339 e. The Morgan fingerprint density at radius 3 is 2.54 bits per heavy atom. The molecule has 0 saturated heterocycles. The fraction of sp³-hybridized carbons (Fsp3) is 0.125. The number of nitro groups is 1. The number of nitro benzene ring substituents is 1. The maximum atomic E-state index is 12.2. The molecule has 3 N–H and O–H groups in total. The smallest absolute Gasteiger partial charge is 0.339 e. The Balaban J connectivity index is 2.09. The van der Waals surface area contributed by atoms with Gasteiger partial charge in [-0.2, -0.15) is 0 Å². The van der Waals surface area contributed by atoms with E-state index in [9.17, 15) is 28.1 Å². The molecule has 0 atom stereocenters. The van der Waals surface area contributed by atoms with Crippen molar-refractivity contribution in [1.29, 1.82) is 0 Å². The van der Waals surface area contributed by atoms with E-state index in [2.05, 4.69) is 21.2 Å². The number of sulfonamides is 1. The van der Waals surface area contributed by atoms with E-state index < -0.39 is 33.4 Å². The fourth-order valence-electron chi connectivity index (χ4n) is 2.09. The quantitative estimate of drug-likeness (QED) is 0.370. The van der Waals surface area contributed by atoms with Gasteiger partial charge in [0.25, 0.3) is 11.6 Å². The van der Waals surface area contributed by atoms with Crippen LogP contribution in [0.5, 0.6) is 0 Å². The van der Waals surface area contributed by atoms with Crippen molar-refractivity contribution in [2.45, 2.75) is 11.8 Å². The van der Waals surface area contributed by atoms with Gasteiger partial charge < -0.3 is 10.1 Å². The number of hydrogen-bond donors (Lipinski definition) is 2. The summed E-state index contributed by atoms with van der Waals surface area (Å²) in [7, 11) is -4.03. The third kappa shape index (κ3) is 5.34. The molecule has 2 rings (SSSR count). The molecule has 0 fully saturated rings. The number of nitrogens with two attached hydrogens (primary N) is 1. The molecule has 1 amide bonds. The van der Waals surface area contributed by atoms with Crippen LogP contribution in [0, 0.1) is 17.0 Å². The second-order valence-corrected chi connectivity index (χ2v) is 7.98. The number of anilines is 1. The van der Waals surface area contributed by atoms with Crippen LogP contribution in [-0.4, -0.2) is 31.8 Å². The van der Waals surface area contributed by atoms with Crippen LogP contribution in [0.3, 0.4) is 0 Å². The molecular formula is C16H14BrN3O7S. The number of ether oxygens (including phenoxy) is 1. The number of carbonyl (C=O) groups is 2. The van der Waals surface area contributed by atoms with Gasteiger partial charge in [-0.3, -0.25) is 14.9 Å². The van der Waals surface area contributed by atoms with Crippen molar-refractivity contribution < 1.29 is 27.7 Å². The number of amides is 1. The van der Waals surface area contributed by atoms with E-state index in [1.807, 2.05) is 0 Å². The molecule has 10 nitrogen and oxygen atoms in total. The highest BCUT2D eigenvalue weighted by Gasteiger charge is 2.18. The zero-order valence-corrected chi connectivity index (χ0v) is 16.7. The molecule has 0 heterocycles. The van der Waals surface area contributed by atoms with Gasteiger partial charge in [-0.15, -0.1) is 0 Å². The zero-order chi connectivity index (χ0) is 21.1. The minimum atomic E-state index is -4.03. The van der Waals surface area contributed by atoms with Gasteiger partial charge in [-0.1, -0.05) is 6.07 Å². The van der Waals surface area contributed by atoms with Crippen LogP contribution < -0.4 is 10.5 Å². The molecule has 0 spiro atoms. The summed E-state index contributed by atoms with van der Waals surface area (Å²) in [5, 5.41) is 18.3. The summed E-state index contributed by atoms with van der Waals surface area (Å²) in [5.41, 5.74) is 0.439. The zero-order valence-electron chi connectivity index (χ0n) is 14.3. The number of aryl methyl sites for hydroxylation is 1. The van der Waals surface area contributed by atoms with Gasteiger partial charge in [-0.05, 0) is 46.6 Å². The topological polar surface area (TPSA) is 159 Å². The molecule has 0 unspecified atom stereocenters. The van der Waals surface area contributed by atoms with Gasteiger partial charge in [0, 0.05) is 16.6 Å². The standard InChI is InChI=1S/C16H14BrN3O7S/c1-9-2-3-10(20(23)24)6-14(9)19-15(21)8-27-16(22)12-7-11(28(18,25)26)4-5-13(12)17/h2-7H,8H2,1H3,(H,19,21)(H2,18,25,26). The normalized spacial score (nSPS) is 11.0. The van der Waals surface area contributed by atoms with E-state index in [4.69, 9.17) is 9.88 Å². The van der Waals surface area contributed by atoms with Gasteiger partial charge >= 0.3 is 5.97 Å². The van der Waals surface area contributed by atoms with Gasteiger partial charge in [-0.25, -0.2) is 18.4 Å². The number of non-ortho nitro benzene ring substituents is 1. The lowest BCUT2D eigenvalue weighted by Crippen LogP contribution is -2.22. The highest BCUT2D eigenvalue weighted by Crippen LogP contribution is 2.23. The van der Waals surface area contributed by atoms with Gasteiger partial charge in [0.2, 0.25) is 10.0 Å². The monoisotopic (exact) mass is 471 g/mol. The number of nitrogens with one attached hydrogen (secondary N) is 1. The molecule has 0 aromatic heterocycles. The minimum absolute atomic E-state index is 0.133. The summed E-state index contributed by atoms with van der Waals surface area (Å²) in [6.45, 7) is 0.953. The van der Waals surface area contributed by atoms with E-state index in [0.717, 1.165) is 6.07 Å². The molecule has 2 aromatic carbocycles. The summed E-state index contributed by atoms with van der Waals surface area (Å²) >= 11 is 3.09. The van der Waals surface area contributed by atoms with Crippen LogP contribution in [0.15, 0.2) is 45.8 Å². The van der Waals surface area contributed by atoms with E-state index in [0.29, 0.717) is 5.56 Å². The van der Waals surface area contributed by atoms with E-state index in [-0.39, 0.29) is 26.3 Å². The molecule has 2 aromatic rings. The average molecular weight is 472 g/mol. The molecule has 0 radical (unpaired) electrons. The molecule has 0 aliphatic carbocycles. The maximum absolute atomic E-state index is 12.2. The van der Waals surface area contributed by atoms with E-state index >= 15 is 0 Å². The van der Waals surface area contributed by atoms with Crippen LogP contribution in [0.2, 0.25) is 0 Å². The third-order valence-corrected chi connectivity index (χ3v) is 5.13. The molecule has 12 heteroatoms. The molecular weight excluding hydrogens is 458 g/mol. The molecule has 148 valence electrons. The number of benzene rings is 2. The van der Waals surface area contributed by atoms with E-state index in [1.165, 1.54) is 30.3 Å². The highest BCUT2D eigenvalue weighted by atomic mass is 79.9. The van der Waals surface area contributed by atoms with Crippen LogP contribution >= 0.6 is 15.9 Å². The Hall–Kier alpha value is -2.83. The van der Waals surface area contributed by atoms with Crippen molar-refractivity contribution >= 4 is 49.2 Å². The SMILES string of the molecule is Cc1ccc([N+](=O)[O-])cc1NC(=O)COC(=O)c1cc(S(N)(=O)=O)ccc1Br. The van der Waals surface area contributed by atoms with Crippen LogP contribution in [0.1, 0.15) is 15.9 Å². The minimum Gasteiger partial charge on any atom is -0.452 e. The Labute approximate surface area is 168 Å². The predicted octanol–water partition coefficient (Wildman–Crippen LogP) is 2.11. The van der Waals surface area contributed by atoms with Crippen LogP contribution in [0.25, 0.3) is 0 Å². The van der Waals surface area contributed by atoms with Crippen molar-refractivity contribution in [3.63, 3.8) is 0 Å². The van der Waals surface area contributed by atoms with Crippen molar-refractivity contribution in [1.82, 2.24) is 0 Å². The Morgan fingerprint density at radius 1 is 1.25 bits per heavy atom. The summed E-state index contributed by atoms with van der Waals surface area (Å²) in [6.07, 6.45) is 0. The second kappa shape index (κ2) is 8.46. The lowest BCUT2D eigenvalue weighted by molar-refractivity contribution is -0.384. The van der Waals surface area contributed by atoms with Crippen LogP contribution in [-0.2, 0) is 19.6 Å².